The Balaban J connectivity index is 1.50. The predicted octanol–water partition coefficient (Wildman–Crippen LogP) is 5.65. The summed E-state index contributed by atoms with van der Waals surface area (Å²) in [4.78, 5) is 12.0. The summed E-state index contributed by atoms with van der Waals surface area (Å²) in [5.41, 5.74) is 1.51. The van der Waals surface area contributed by atoms with E-state index in [2.05, 4.69) is 15.0 Å². The highest BCUT2D eigenvalue weighted by Gasteiger charge is 2.19. The van der Waals surface area contributed by atoms with Gasteiger partial charge in [-0.25, -0.2) is 4.79 Å². The number of nitrogens with zero attached hydrogens (tertiary/aromatic N) is 3. The van der Waals surface area contributed by atoms with E-state index in [9.17, 15) is 19.2 Å². The van der Waals surface area contributed by atoms with E-state index < -0.39 is 17.3 Å². The third-order valence-corrected chi connectivity index (χ3v) is 5.47. The van der Waals surface area contributed by atoms with Crippen LogP contribution >= 0.6 is 11.6 Å². The van der Waals surface area contributed by atoms with Crippen LogP contribution < -0.4 is 9.50 Å². The molecule has 2 amide bonds. The number of amides is 2. The minimum atomic E-state index is -2.17. The first-order valence-electron chi connectivity index (χ1n) is 9.54. The summed E-state index contributed by atoms with van der Waals surface area (Å²) in [6.07, 6.45) is 0. The Hall–Kier alpha value is -3.89. The second-order valence-electron chi connectivity index (χ2n) is 6.90. The van der Waals surface area contributed by atoms with E-state index >= 15 is 0 Å². The van der Waals surface area contributed by atoms with Gasteiger partial charge in [-0.15, -0.1) is 0 Å². The molecule has 1 aromatic heterocycles. The van der Waals surface area contributed by atoms with Crippen LogP contribution in [0.2, 0.25) is 5.02 Å². The van der Waals surface area contributed by atoms with Crippen molar-refractivity contribution >= 4 is 45.4 Å². The first-order valence-corrected chi connectivity index (χ1v) is 11.0. The lowest BCUT2D eigenvalue weighted by molar-refractivity contribution is 0.258. The van der Waals surface area contributed by atoms with E-state index in [1.54, 1.807) is 73.7 Å². The monoisotopic (exact) mass is 484 g/mol. The molecule has 0 aliphatic carbocycles. The zero-order chi connectivity index (χ0) is 23.5. The topological polar surface area (TPSA) is 126 Å². The average Bonchev–Trinajstić information content (AvgIpc) is 3.03. The maximum Gasteiger partial charge on any atom is 0.364 e. The average molecular weight is 485 g/mol. The standard InChI is InChI=1S/C22H17ClN4O5S/c1-13-11-15(24-22(30)25-26-33(31)32-16-5-3-2-4-6-16)8-10-19(13)27-20(28)17-9-7-14(23)12-18(17)21(27)29/h2-12,28-29H,1H3,(H,24,30)/b26-25+. The molecule has 0 bridgehead atoms. The summed E-state index contributed by atoms with van der Waals surface area (Å²) in [6, 6.07) is 17.1. The largest absolute Gasteiger partial charge is 0.494 e. The van der Waals surface area contributed by atoms with Gasteiger partial charge in [0.05, 0.1) is 5.69 Å². The van der Waals surface area contributed by atoms with E-state index in [-0.39, 0.29) is 11.8 Å². The highest BCUT2D eigenvalue weighted by atomic mass is 35.5. The highest BCUT2D eigenvalue weighted by Crippen LogP contribution is 2.40. The van der Waals surface area contributed by atoms with Gasteiger partial charge in [0.15, 0.2) is 0 Å². The van der Waals surface area contributed by atoms with Crippen molar-refractivity contribution in [1.29, 1.82) is 0 Å². The van der Waals surface area contributed by atoms with E-state index in [4.69, 9.17) is 15.8 Å². The number of anilines is 1. The van der Waals surface area contributed by atoms with Crippen molar-refractivity contribution in [2.24, 2.45) is 9.63 Å². The minimum absolute atomic E-state index is 0.145. The van der Waals surface area contributed by atoms with Gasteiger partial charge in [0.1, 0.15) is 5.75 Å². The number of carbonyl (C=O) groups excluding carboxylic acids is 1. The first-order chi connectivity index (χ1) is 15.8. The van der Waals surface area contributed by atoms with Gasteiger partial charge in [-0.05, 0) is 65.5 Å². The fraction of sp³-hybridized carbons (Fsp3) is 0.0455. The zero-order valence-electron chi connectivity index (χ0n) is 17.1. The van der Waals surface area contributed by atoms with Gasteiger partial charge in [0, 0.05) is 21.5 Å². The van der Waals surface area contributed by atoms with Gasteiger partial charge in [0.2, 0.25) is 11.8 Å². The van der Waals surface area contributed by atoms with Crippen LogP contribution in [0.3, 0.4) is 0 Å². The third kappa shape index (κ3) is 4.81. The summed E-state index contributed by atoms with van der Waals surface area (Å²) in [5.74, 6) is 0.0150. The number of carbonyl (C=O) groups is 1. The summed E-state index contributed by atoms with van der Waals surface area (Å²) >= 11 is 3.83. The van der Waals surface area contributed by atoms with Crippen molar-refractivity contribution in [3.63, 3.8) is 0 Å². The molecule has 3 aromatic carbocycles. The van der Waals surface area contributed by atoms with Crippen molar-refractivity contribution in [2.75, 3.05) is 5.32 Å². The van der Waals surface area contributed by atoms with Crippen LogP contribution in [0.1, 0.15) is 5.56 Å². The molecule has 0 spiro atoms. The number of nitrogens with one attached hydrogen (secondary N) is 1. The Morgan fingerprint density at radius 2 is 1.76 bits per heavy atom. The number of para-hydroxylation sites is 1. The van der Waals surface area contributed by atoms with Crippen LogP contribution in [0.4, 0.5) is 10.5 Å². The minimum Gasteiger partial charge on any atom is -0.494 e. The van der Waals surface area contributed by atoms with E-state index in [1.165, 1.54) is 4.57 Å². The molecular weight excluding hydrogens is 468 g/mol. The number of halogens is 1. The van der Waals surface area contributed by atoms with E-state index in [1.807, 2.05) is 0 Å². The van der Waals surface area contributed by atoms with Crippen molar-refractivity contribution < 1.29 is 23.4 Å². The van der Waals surface area contributed by atoms with Crippen LogP contribution in [0, 0.1) is 6.92 Å². The molecule has 1 atom stereocenters. The molecule has 168 valence electrons. The number of urea groups is 1. The molecule has 1 unspecified atom stereocenters. The van der Waals surface area contributed by atoms with Gasteiger partial charge in [-0.2, -0.15) is 4.21 Å². The summed E-state index contributed by atoms with van der Waals surface area (Å²) in [6.45, 7) is 1.74. The van der Waals surface area contributed by atoms with Crippen LogP contribution in [0.5, 0.6) is 17.5 Å². The summed E-state index contributed by atoms with van der Waals surface area (Å²) < 4.78 is 21.4. The molecular formula is C22H17ClN4O5S. The van der Waals surface area contributed by atoms with Crippen molar-refractivity contribution in [3.05, 3.63) is 77.3 Å². The molecule has 0 radical (unpaired) electrons. The lowest BCUT2D eigenvalue weighted by Gasteiger charge is -2.12. The normalized spacial score (nSPS) is 12.2. The second kappa shape index (κ2) is 9.31. The van der Waals surface area contributed by atoms with Crippen molar-refractivity contribution in [3.8, 4) is 23.2 Å². The molecule has 0 fully saturated rings. The van der Waals surface area contributed by atoms with Crippen molar-refractivity contribution in [1.82, 2.24) is 4.57 Å². The smallest absolute Gasteiger partial charge is 0.364 e. The molecule has 1 heterocycles. The number of benzene rings is 3. The number of rotatable bonds is 5. The van der Waals surface area contributed by atoms with Gasteiger partial charge >= 0.3 is 17.3 Å². The molecule has 9 nitrogen and oxygen atoms in total. The number of aromatic hydroxyl groups is 2. The number of hydrogen-bond acceptors (Lipinski definition) is 5. The number of fused-ring (bicyclic) bond motifs is 1. The summed E-state index contributed by atoms with van der Waals surface area (Å²) in [5, 5.41) is 28.3. The Morgan fingerprint density at radius 1 is 1.03 bits per heavy atom. The second-order valence-corrected chi connectivity index (χ2v) is 8.10. The Bertz CT molecular complexity index is 1410. The fourth-order valence-corrected chi connectivity index (χ4v) is 3.87. The number of aryl methyl sites for hydroxylation is 1. The van der Waals surface area contributed by atoms with Crippen LogP contribution in [-0.4, -0.2) is 25.0 Å². The third-order valence-electron chi connectivity index (χ3n) is 4.69. The summed E-state index contributed by atoms with van der Waals surface area (Å²) in [7, 11) is 0. The van der Waals surface area contributed by atoms with Gasteiger partial charge in [-0.3, -0.25) is 4.57 Å². The molecule has 3 N–H and O–H groups in total. The lowest BCUT2D eigenvalue weighted by atomic mass is 10.1. The first kappa shape index (κ1) is 22.3. The predicted molar refractivity (Wildman–Crippen MR) is 125 cm³/mol. The van der Waals surface area contributed by atoms with Crippen LogP contribution in [0.15, 0.2) is 76.4 Å². The van der Waals surface area contributed by atoms with Gasteiger partial charge in [-0.1, -0.05) is 34.9 Å². The molecule has 4 rings (SSSR count). The van der Waals surface area contributed by atoms with Crippen molar-refractivity contribution in [2.45, 2.75) is 6.92 Å². The Kier molecular flexibility index (Phi) is 6.29. The zero-order valence-corrected chi connectivity index (χ0v) is 18.7. The molecule has 4 aromatic rings. The molecule has 11 heteroatoms. The molecule has 0 saturated carbocycles. The number of aromatic nitrogens is 1. The van der Waals surface area contributed by atoms with Gasteiger partial charge < -0.3 is 19.7 Å². The SMILES string of the molecule is Cc1cc(NC(=O)/N=N/S(=O)Oc2ccccc2)ccc1-n1c(O)c2ccc(Cl)cc2c1O. The molecule has 0 aliphatic rings. The van der Waals surface area contributed by atoms with E-state index in [0.29, 0.717) is 38.5 Å². The van der Waals surface area contributed by atoms with Gasteiger partial charge in [0.25, 0.3) is 0 Å². The lowest BCUT2D eigenvalue weighted by Crippen LogP contribution is -2.07. The Morgan fingerprint density at radius 3 is 2.48 bits per heavy atom. The Labute approximate surface area is 195 Å². The number of hydrogen-bond donors (Lipinski definition) is 3. The van der Waals surface area contributed by atoms with E-state index in [0.717, 1.165) is 0 Å². The molecule has 0 saturated heterocycles. The molecule has 0 aliphatic heterocycles. The quantitative estimate of drug-likeness (QED) is 0.316. The fourth-order valence-electron chi connectivity index (χ4n) is 3.24. The van der Waals surface area contributed by atoms with Crippen LogP contribution in [0.25, 0.3) is 16.5 Å². The van der Waals surface area contributed by atoms with Crippen LogP contribution in [-0.2, 0) is 11.3 Å². The maximum atomic E-state index is 12.0. The highest BCUT2D eigenvalue weighted by molar-refractivity contribution is 7.79. The maximum absolute atomic E-state index is 12.0. The molecule has 33 heavy (non-hydrogen) atoms.